The lowest BCUT2D eigenvalue weighted by Gasteiger charge is -1.99. The number of hydrogen-bond donors (Lipinski definition) is 1. The molecule has 15 heavy (non-hydrogen) atoms. The third kappa shape index (κ3) is 2.28. The summed E-state index contributed by atoms with van der Waals surface area (Å²) in [6, 6.07) is 7.64. The summed E-state index contributed by atoms with van der Waals surface area (Å²) in [5.41, 5.74) is 0.855. The second kappa shape index (κ2) is 4.04. The van der Waals surface area contributed by atoms with Gasteiger partial charge in [0.2, 0.25) is 0 Å². The third-order valence-electron chi connectivity index (χ3n) is 2.10. The van der Waals surface area contributed by atoms with Gasteiger partial charge in [-0.15, -0.1) is 0 Å². The molecule has 1 heterocycles. The number of fused-ring (bicyclic) bond motifs is 1. The van der Waals surface area contributed by atoms with Crippen LogP contribution in [0.2, 0.25) is 0 Å². The molecule has 4 nitrogen and oxygen atoms in total. The van der Waals surface area contributed by atoms with E-state index in [4.69, 9.17) is 5.11 Å². The number of aryl methyl sites for hydroxylation is 1. The molecule has 0 bridgehead atoms. The smallest absolute Gasteiger partial charge is 0.303 e. The summed E-state index contributed by atoms with van der Waals surface area (Å²) in [7, 11) is 0. The van der Waals surface area contributed by atoms with E-state index in [1.807, 2.05) is 24.3 Å². The van der Waals surface area contributed by atoms with Crippen molar-refractivity contribution < 1.29 is 9.90 Å². The molecular formula is C11H10N2O2. The molecule has 0 aliphatic carbocycles. The molecule has 0 spiro atoms. The van der Waals surface area contributed by atoms with Crippen molar-refractivity contribution in [2.45, 2.75) is 12.8 Å². The van der Waals surface area contributed by atoms with Gasteiger partial charge in [0.15, 0.2) is 0 Å². The Kier molecular flexibility index (Phi) is 2.58. The van der Waals surface area contributed by atoms with Crippen LogP contribution in [0.4, 0.5) is 0 Å². The van der Waals surface area contributed by atoms with Crippen LogP contribution in [0.1, 0.15) is 12.2 Å². The van der Waals surface area contributed by atoms with Gasteiger partial charge in [-0.05, 0) is 6.07 Å². The molecule has 1 aromatic carbocycles. The van der Waals surface area contributed by atoms with E-state index in [-0.39, 0.29) is 6.42 Å². The lowest BCUT2D eigenvalue weighted by Crippen LogP contribution is -2.01. The zero-order chi connectivity index (χ0) is 10.7. The Balaban J connectivity index is 2.26. The van der Waals surface area contributed by atoms with Gasteiger partial charge in [0, 0.05) is 18.0 Å². The average Bonchev–Trinajstić information content (AvgIpc) is 2.26. The van der Waals surface area contributed by atoms with Crippen LogP contribution in [0.3, 0.4) is 0 Å². The van der Waals surface area contributed by atoms with Crippen molar-refractivity contribution in [3.63, 3.8) is 0 Å². The maximum atomic E-state index is 10.4. The van der Waals surface area contributed by atoms with E-state index < -0.39 is 5.97 Å². The predicted molar refractivity (Wildman–Crippen MR) is 55.5 cm³/mol. The van der Waals surface area contributed by atoms with Gasteiger partial charge < -0.3 is 5.11 Å². The van der Waals surface area contributed by atoms with Gasteiger partial charge in [-0.2, -0.15) is 0 Å². The molecule has 1 aromatic heterocycles. The van der Waals surface area contributed by atoms with E-state index in [1.165, 1.54) is 0 Å². The van der Waals surface area contributed by atoms with Gasteiger partial charge in [-0.1, -0.05) is 18.2 Å². The van der Waals surface area contributed by atoms with Gasteiger partial charge >= 0.3 is 5.97 Å². The molecule has 0 saturated carbocycles. The molecule has 2 rings (SSSR count). The van der Waals surface area contributed by atoms with Crippen LogP contribution in [0.5, 0.6) is 0 Å². The highest BCUT2D eigenvalue weighted by molar-refractivity contribution is 5.77. The van der Waals surface area contributed by atoms with E-state index in [9.17, 15) is 4.79 Å². The van der Waals surface area contributed by atoms with Crippen molar-refractivity contribution in [3.8, 4) is 0 Å². The normalized spacial score (nSPS) is 10.4. The summed E-state index contributed by atoms with van der Waals surface area (Å²) in [6.45, 7) is 0. The van der Waals surface area contributed by atoms with Crippen LogP contribution < -0.4 is 0 Å². The fraction of sp³-hybridized carbons (Fsp3) is 0.182. The molecular weight excluding hydrogens is 192 g/mol. The third-order valence-corrected chi connectivity index (χ3v) is 2.10. The van der Waals surface area contributed by atoms with Crippen molar-refractivity contribution >= 4 is 16.9 Å². The standard InChI is InChI=1S/C11H10N2O2/c14-11(15)6-5-10-12-7-8-3-1-2-4-9(8)13-10/h1-4,7H,5-6H2,(H,14,15). The van der Waals surface area contributed by atoms with E-state index in [1.54, 1.807) is 6.20 Å². The Morgan fingerprint density at radius 2 is 2.13 bits per heavy atom. The Morgan fingerprint density at radius 3 is 2.93 bits per heavy atom. The number of hydrogen-bond acceptors (Lipinski definition) is 3. The lowest BCUT2D eigenvalue weighted by molar-refractivity contribution is -0.137. The molecule has 0 fully saturated rings. The predicted octanol–water partition coefficient (Wildman–Crippen LogP) is 1.65. The topological polar surface area (TPSA) is 63.1 Å². The SMILES string of the molecule is O=C(O)CCc1ncc2ccccc2n1. The lowest BCUT2D eigenvalue weighted by atomic mass is 10.2. The van der Waals surface area contributed by atoms with Crippen LogP contribution in [0, 0.1) is 0 Å². The minimum atomic E-state index is -0.827. The van der Waals surface area contributed by atoms with Crippen LogP contribution >= 0.6 is 0 Å². The maximum Gasteiger partial charge on any atom is 0.303 e. The van der Waals surface area contributed by atoms with Crippen molar-refractivity contribution in [2.24, 2.45) is 0 Å². The van der Waals surface area contributed by atoms with Crippen LogP contribution in [0.15, 0.2) is 30.5 Å². The van der Waals surface area contributed by atoms with E-state index in [0.717, 1.165) is 10.9 Å². The number of aliphatic carboxylic acids is 1. The first kappa shape index (κ1) is 9.58. The molecule has 0 aliphatic heterocycles. The number of aromatic nitrogens is 2. The minimum absolute atomic E-state index is 0.0678. The van der Waals surface area contributed by atoms with Crippen LogP contribution in [-0.4, -0.2) is 21.0 Å². The summed E-state index contributed by atoms with van der Waals surface area (Å²) < 4.78 is 0. The Labute approximate surface area is 86.6 Å². The molecule has 0 unspecified atom stereocenters. The Morgan fingerprint density at radius 1 is 1.33 bits per heavy atom. The number of benzene rings is 1. The number of carbonyl (C=O) groups is 1. The van der Waals surface area contributed by atoms with E-state index in [0.29, 0.717) is 12.2 Å². The molecule has 4 heteroatoms. The molecule has 0 atom stereocenters. The number of carboxylic acids is 1. The maximum absolute atomic E-state index is 10.4. The van der Waals surface area contributed by atoms with Gasteiger partial charge in [-0.3, -0.25) is 4.79 Å². The molecule has 1 N–H and O–H groups in total. The zero-order valence-corrected chi connectivity index (χ0v) is 8.05. The highest BCUT2D eigenvalue weighted by Crippen LogP contribution is 2.10. The highest BCUT2D eigenvalue weighted by atomic mass is 16.4. The Hall–Kier alpha value is -1.97. The minimum Gasteiger partial charge on any atom is -0.481 e. The summed E-state index contributed by atoms with van der Waals surface area (Å²) >= 11 is 0. The summed E-state index contributed by atoms with van der Waals surface area (Å²) in [6.07, 6.45) is 2.16. The zero-order valence-electron chi connectivity index (χ0n) is 8.05. The van der Waals surface area contributed by atoms with Gasteiger partial charge in [0.25, 0.3) is 0 Å². The fourth-order valence-electron chi connectivity index (χ4n) is 1.35. The van der Waals surface area contributed by atoms with E-state index in [2.05, 4.69) is 9.97 Å². The van der Waals surface area contributed by atoms with E-state index >= 15 is 0 Å². The number of rotatable bonds is 3. The van der Waals surface area contributed by atoms with Gasteiger partial charge in [-0.25, -0.2) is 9.97 Å². The van der Waals surface area contributed by atoms with Gasteiger partial charge in [0.1, 0.15) is 5.82 Å². The molecule has 0 saturated heterocycles. The average molecular weight is 202 g/mol. The van der Waals surface area contributed by atoms with Crippen molar-refractivity contribution in [2.75, 3.05) is 0 Å². The number of nitrogens with zero attached hydrogens (tertiary/aromatic N) is 2. The molecule has 0 aliphatic rings. The molecule has 2 aromatic rings. The quantitative estimate of drug-likeness (QED) is 0.821. The monoisotopic (exact) mass is 202 g/mol. The summed E-state index contributed by atoms with van der Waals surface area (Å²) in [4.78, 5) is 18.8. The summed E-state index contributed by atoms with van der Waals surface area (Å²) in [5.74, 6) is -0.247. The molecule has 76 valence electrons. The first-order valence-electron chi connectivity index (χ1n) is 4.68. The van der Waals surface area contributed by atoms with Crippen molar-refractivity contribution in [3.05, 3.63) is 36.3 Å². The fourth-order valence-corrected chi connectivity index (χ4v) is 1.35. The van der Waals surface area contributed by atoms with Crippen LogP contribution in [-0.2, 0) is 11.2 Å². The van der Waals surface area contributed by atoms with Gasteiger partial charge in [0.05, 0.1) is 11.9 Å². The highest BCUT2D eigenvalue weighted by Gasteiger charge is 2.02. The first-order chi connectivity index (χ1) is 7.25. The van der Waals surface area contributed by atoms with Crippen LogP contribution in [0.25, 0.3) is 10.9 Å². The first-order valence-corrected chi connectivity index (χ1v) is 4.68. The van der Waals surface area contributed by atoms with Crippen molar-refractivity contribution in [1.82, 2.24) is 9.97 Å². The van der Waals surface area contributed by atoms with Crippen molar-refractivity contribution in [1.29, 1.82) is 0 Å². The molecule has 0 amide bonds. The number of para-hydroxylation sites is 1. The second-order valence-corrected chi connectivity index (χ2v) is 3.24. The number of carboxylic acid groups (broad SMARTS) is 1. The Bertz CT molecular complexity index is 497. The summed E-state index contributed by atoms with van der Waals surface area (Å²) in [5, 5.41) is 9.50. The molecule has 0 radical (unpaired) electrons. The largest absolute Gasteiger partial charge is 0.481 e. The second-order valence-electron chi connectivity index (χ2n) is 3.24.